The fraction of sp³-hybridized carbons (Fsp3) is 0.412. The molecule has 1 heteroatoms. The van der Waals surface area contributed by atoms with Crippen molar-refractivity contribution >= 4 is 5.57 Å². The van der Waals surface area contributed by atoms with E-state index in [1.807, 2.05) is 0 Å². The molecule has 2 atom stereocenters. The Balaban J connectivity index is 2.37. The molecule has 1 aromatic carbocycles. The van der Waals surface area contributed by atoms with E-state index in [9.17, 15) is 0 Å². The summed E-state index contributed by atoms with van der Waals surface area (Å²) >= 11 is 0. The van der Waals surface area contributed by atoms with E-state index in [4.69, 9.17) is 4.74 Å². The molecule has 0 radical (unpaired) electrons. The second-order valence-corrected chi connectivity index (χ2v) is 4.98. The molecule has 0 spiro atoms. The van der Waals surface area contributed by atoms with Crippen LogP contribution in [0, 0.1) is 12.8 Å². The Labute approximate surface area is 110 Å². The van der Waals surface area contributed by atoms with Crippen LogP contribution in [-0.4, -0.2) is 13.2 Å². The highest BCUT2D eigenvalue weighted by molar-refractivity contribution is 5.77. The largest absolute Gasteiger partial charge is 0.377 e. The molecular formula is C17H22O. The zero-order valence-electron chi connectivity index (χ0n) is 11.7. The summed E-state index contributed by atoms with van der Waals surface area (Å²) in [6, 6.07) is 6.58. The number of aryl methyl sites for hydroxylation is 1. The van der Waals surface area contributed by atoms with Crippen LogP contribution in [0.3, 0.4) is 0 Å². The van der Waals surface area contributed by atoms with Crippen molar-refractivity contribution in [3.05, 3.63) is 53.1 Å². The molecule has 0 heterocycles. The maximum atomic E-state index is 5.43. The summed E-state index contributed by atoms with van der Waals surface area (Å²) in [5.41, 5.74) is 5.51. The Morgan fingerprint density at radius 1 is 1.28 bits per heavy atom. The van der Waals surface area contributed by atoms with Crippen LogP contribution >= 0.6 is 0 Å². The van der Waals surface area contributed by atoms with Crippen molar-refractivity contribution in [1.29, 1.82) is 0 Å². The van der Waals surface area contributed by atoms with Crippen molar-refractivity contribution < 1.29 is 4.74 Å². The molecule has 0 N–H and O–H groups in total. The number of hydrogen-bond donors (Lipinski definition) is 0. The summed E-state index contributed by atoms with van der Waals surface area (Å²) < 4.78 is 5.43. The fourth-order valence-corrected chi connectivity index (χ4v) is 2.66. The van der Waals surface area contributed by atoms with Gasteiger partial charge in [-0.05, 0) is 35.6 Å². The molecule has 1 aromatic rings. The van der Waals surface area contributed by atoms with Gasteiger partial charge in [-0.25, -0.2) is 0 Å². The summed E-state index contributed by atoms with van der Waals surface area (Å²) in [6.07, 6.45) is 7.97. The van der Waals surface area contributed by atoms with E-state index in [-0.39, 0.29) is 6.10 Å². The predicted molar refractivity (Wildman–Crippen MR) is 77.6 cm³/mol. The molecule has 1 aliphatic carbocycles. The molecule has 0 aliphatic heterocycles. The van der Waals surface area contributed by atoms with Crippen LogP contribution in [0.15, 0.2) is 36.4 Å². The highest BCUT2D eigenvalue weighted by atomic mass is 16.5. The Morgan fingerprint density at radius 2 is 2.06 bits per heavy atom. The third kappa shape index (κ3) is 2.41. The monoisotopic (exact) mass is 242 g/mol. The summed E-state index contributed by atoms with van der Waals surface area (Å²) in [6.45, 7) is 6.63. The van der Waals surface area contributed by atoms with E-state index in [0.717, 1.165) is 6.42 Å². The molecule has 2 unspecified atom stereocenters. The van der Waals surface area contributed by atoms with Crippen molar-refractivity contribution in [3.63, 3.8) is 0 Å². The van der Waals surface area contributed by atoms with Gasteiger partial charge in [-0.2, -0.15) is 0 Å². The van der Waals surface area contributed by atoms with Crippen LogP contribution < -0.4 is 0 Å². The second kappa shape index (κ2) is 5.53. The van der Waals surface area contributed by atoms with Crippen molar-refractivity contribution in [2.24, 2.45) is 5.92 Å². The molecule has 0 amide bonds. The summed E-state index contributed by atoms with van der Waals surface area (Å²) in [5.74, 6) is 0.430. The quantitative estimate of drug-likeness (QED) is 0.773. The van der Waals surface area contributed by atoms with Crippen LogP contribution in [0.25, 0.3) is 5.57 Å². The first-order valence-corrected chi connectivity index (χ1v) is 6.69. The lowest BCUT2D eigenvalue weighted by atomic mass is 9.88. The van der Waals surface area contributed by atoms with E-state index in [2.05, 4.69) is 57.2 Å². The molecular weight excluding hydrogens is 220 g/mol. The molecule has 96 valence electrons. The first-order chi connectivity index (χ1) is 8.67. The molecule has 0 bridgehead atoms. The first-order valence-electron chi connectivity index (χ1n) is 6.69. The molecule has 0 fully saturated rings. The normalized spacial score (nSPS) is 23.0. The molecule has 2 rings (SSSR count). The zero-order chi connectivity index (χ0) is 13.1. The Hall–Kier alpha value is -1.34. The van der Waals surface area contributed by atoms with Crippen LogP contribution in [0.5, 0.6) is 0 Å². The van der Waals surface area contributed by atoms with E-state index in [0.29, 0.717) is 5.92 Å². The average molecular weight is 242 g/mol. The van der Waals surface area contributed by atoms with Gasteiger partial charge in [-0.1, -0.05) is 50.3 Å². The topological polar surface area (TPSA) is 9.23 Å². The van der Waals surface area contributed by atoms with E-state index in [1.165, 1.54) is 22.3 Å². The highest BCUT2D eigenvalue weighted by Crippen LogP contribution is 2.29. The third-order valence-corrected chi connectivity index (χ3v) is 3.84. The molecule has 0 saturated heterocycles. The predicted octanol–water partition coefficient (Wildman–Crippen LogP) is 4.16. The van der Waals surface area contributed by atoms with Crippen LogP contribution in [-0.2, 0) is 11.2 Å². The maximum absolute atomic E-state index is 5.43. The van der Waals surface area contributed by atoms with Gasteiger partial charge in [-0.15, -0.1) is 0 Å². The van der Waals surface area contributed by atoms with Gasteiger partial charge in [0, 0.05) is 13.0 Å². The maximum Gasteiger partial charge on any atom is 0.0815 e. The molecule has 1 aliphatic rings. The smallest absolute Gasteiger partial charge is 0.0815 e. The van der Waals surface area contributed by atoms with Gasteiger partial charge in [0.2, 0.25) is 0 Å². The van der Waals surface area contributed by atoms with Gasteiger partial charge in [0.25, 0.3) is 0 Å². The first kappa shape index (κ1) is 13.1. The lowest BCUT2D eigenvalue weighted by molar-refractivity contribution is 0.112. The standard InChI is InChI=1S/C17H22O/c1-5-14-7-6-8-16(13(14)3)15-9-10-17(18-4)12(2)11-15/h6-12,17H,5H2,1-4H3. The van der Waals surface area contributed by atoms with Gasteiger partial charge in [-0.3, -0.25) is 0 Å². The van der Waals surface area contributed by atoms with Gasteiger partial charge >= 0.3 is 0 Å². The number of ether oxygens (including phenoxy) is 1. The number of allylic oxidation sites excluding steroid dienone is 2. The zero-order valence-corrected chi connectivity index (χ0v) is 11.7. The van der Waals surface area contributed by atoms with Gasteiger partial charge in [0.1, 0.15) is 0 Å². The van der Waals surface area contributed by atoms with Crippen LogP contribution in [0.4, 0.5) is 0 Å². The summed E-state index contributed by atoms with van der Waals surface area (Å²) in [4.78, 5) is 0. The van der Waals surface area contributed by atoms with E-state index in [1.54, 1.807) is 7.11 Å². The van der Waals surface area contributed by atoms with Crippen molar-refractivity contribution in [2.75, 3.05) is 7.11 Å². The van der Waals surface area contributed by atoms with Crippen LogP contribution in [0.1, 0.15) is 30.5 Å². The molecule has 18 heavy (non-hydrogen) atoms. The lowest BCUT2D eigenvalue weighted by Crippen LogP contribution is -2.18. The van der Waals surface area contributed by atoms with E-state index >= 15 is 0 Å². The van der Waals surface area contributed by atoms with E-state index < -0.39 is 0 Å². The van der Waals surface area contributed by atoms with Gasteiger partial charge in [0.05, 0.1) is 6.10 Å². The highest BCUT2D eigenvalue weighted by Gasteiger charge is 2.17. The molecule has 0 saturated carbocycles. The third-order valence-electron chi connectivity index (χ3n) is 3.84. The van der Waals surface area contributed by atoms with Crippen LogP contribution in [0.2, 0.25) is 0 Å². The molecule has 0 aromatic heterocycles. The average Bonchev–Trinajstić information content (AvgIpc) is 2.39. The minimum atomic E-state index is 0.211. The minimum absolute atomic E-state index is 0.211. The summed E-state index contributed by atoms with van der Waals surface area (Å²) in [5, 5.41) is 0. The number of methoxy groups -OCH3 is 1. The number of rotatable bonds is 3. The number of benzene rings is 1. The Kier molecular flexibility index (Phi) is 4.03. The van der Waals surface area contributed by atoms with Crippen molar-refractivity contribution in [3.8, 4) is 0 Å². The van der Waals surface area contributed by atoms with Crippen molar-refractivity contribution in [2.45, 2.75) is 33.3 Å². The molecule has 1 nitrogen and oxygen atoms in total. The summed E-state index contributed by atoms with van der Waals surface area (Å²) in [7, 11) is 1.77. The van der Waals surface area contributed by atoms with Gasteiger partial charge < -0.3 is 4.74 Å². The second-order valence-electron chi connectivity index (χ2n) is 4.98. The SMILES string of the molecule is CCc1cccc(C2=CC(C)C(OC)C=C2)c1C. The van der Waals surface area contributed by atoms with Crippen molar-refractivity contribution in [1.82, 2.24) is 0 Å². The fourth-order valence-electron chi connectivity index (χ4n) is 2.66. The number of hydrogen-bond acceptors (Lipinski definition) is 1. The lowest BCUT2D eigenvalue weighted by Gasteiger charge is -2.22. The Bertz CT molecular complexity index is 482. The Morgan fingerprint density at radius 3 is 2.67 bits per heavy atom. The minimum Gasteiger partial charge on any atom is -0.377 e. The van der Waals surface area contributed by atoms with Gasteiger partial charge in [0.15, 0.2) is 0 Å².